The number of rotatable bonds is 7. The maximum Gasteiger partial charge on any atom is 0.221 e. The maximum absolute atomic E-state index is 8.94. The monoisotopic (exact) mass is 369 g/mol. The fraction of sp³-hybridized carbons (Fsp3) is 0.381. The van der Waals surface area contributed by atoms with Crippen LogP contribution in [0.2, 0.25) is 0 Å². The van der Waals surface area contributed by atoms with Gasteiger partial charge in [0.2, 0.25) is 6.41 Å². The van der Waals surface area contributed by atoms with Crippen molar-refractivity contribution in [2.24, 2.45) is 11.7 Å². The van der Waals surface area contributed by atoms with E-state index >= 15 is 0 Å². The number of carbonyl (C=O) groups excluding carboxylic acids is 1. The molecule has 1 aliphatic carbocycles. The summed E-state index contributed by atoms with van der Waals surface area (Å²) in [6, 6.07) is 15.2. The van der Waals surface area contributed by atoms with Crippen LogP contribution < -0.4 is 27.0 Å². The van der Waals surface area contributed by atoms with Crippen LogP contribution in [-0.2, 0) is 17.8 Å². The summed E-state index contributed by atoms with van der Waals surface area (Å²) in [6.07, 6.45) is 4.06. The molecule has 5 N–H and O–H groups in total. The van der Waals surface area contributed by atoms with Crippen LogP contribution in [0.15, 0.2) is 42.5 Å². The summed E-state index contributed by atoms with van der Waals surface area (Å²) in [5.41, 5.74) is 8.40. The highest BCUT2D eigenvalue weighted by atomic mass is 16.1. The van der Waals surface area contributed by atoms with Crippen molar-refractivity contribution in [3.63, 3.8) is 0 Å². The third-order valence-electron chi connectivity index (χ3n) is 4.80. The minimum absolute atomic E-state index is 0.403. The van der Waals surface area contributed by atoms with Crippen LogP contribution in [0.1, 0.15) is 42.4 Å². The number of benzene rings is 2. The Morgan fingerprint density at radius 1 is 1.11 bits per heavy atom. The van der Waals surface area contributed by atoms with Gasteiger partial charge < -0.3 is 9.91 Å². The van der Waals surface area contributed by atoms with Gasteiger partial charge in [-0.3, -0.25) is 10.2 Å². The molecule has 2 aromatic rings. The summed E-state index contributed by atoms with van der Waals surface area (Å²) in [5, 5.41) is 1.74. The number of carbonyl (C=O) groups is 1. The highest BCUT2D eigenvalue weighted by Crippen LogP contribution is 2.47. The Kier molecular flexibility index (Phi) is 7.64. The van der Waals surface area contributed by atoms with Crippen LogP contribution in [0.3, 0.4) is 0 Å². The summed E-state index contributed by atoms with van der Waals surface area (Å²) < 4.78 is 0. The van der Waals surface area contributed by atoms with Crippen LogP contribution in [0, 0.1) is 0 Å². The molecule has 0 heterocycles. The summed E-state index contributed by atoms with van der Waals surface area (Å²) >= 11 is 0. The van der Waals surface area contributed by atoms with E-state index < -0.39 is 0 Å². The first kappa shape index (κ1) is 20.7. The van der Waals surface area contributed by atoms with Crippen molar-refractivity contribution < 1.29 is 4.79 Å². The van der Waals surface area contributed by atoms with E-state index in [2.05, 4.69) is 67.2 Å². The van der Waals surface area contributed by atoms with Gasteiger partial charge in [0, 0.05) is 20.6 Å². The first-order chi connectivity index (χ1) is 13.0. The molecule has 0 atom stereocenters. The Morgan fingerprint density at radius 3 is 2.26 bits per heavy atom. The lowest BCUT2D eigenvalue weighted by atomic mass is 10.0. The smallest absolute Gasteiger partial charge is 0.221 e. The number of nitrogens with two attached hydrogens (primary N) is 2. The first-order valence-corrected chi connectivity index (χ1v) is 9.32. The number of hydrazine groups is 2. The molecule has 0 saturated heterocycles. The Labute approximate surface area is 162 Å². The van der Waals surface area contributed by atoms with E-state index in [1.165, 1.54) is 35.2 Å². The van der Waals surface area contributed by atoms with Gasteiger partial charge in [0.1, 0.15) is 0 Å². The molecule has 1 fully saturated rings. The molecule has 6 nitrogen and oxygen atoms in total. The second-order valence-electron chi connectivity index (χ2n) is 6.86. The van der Waals surface area contributed by atoms with Gasteiger partial charge in [0.05, 0.1) is 11.4 Å². The predicted octanol–water partition coefficient (Wildman–Crippen LogP) is 2.68. The third-order valence-corrected chi connectivity index (χ3v) is 4.80. The third kappa shape index (κ3) is 5.45. The normalized spacial score (nSPS) is 12.6. The van der Waals surface area contributed by atoms with Crippen molar-refractivity contribution in [3.05, 3.63) is 59.2 Å². The van der Waals surface area contributed by atoms with Crippen molar-refractivity contribution >= 4 is 17.8 Å². The molecule has 3 rings (SSSR count). The standard InChI is InChI=1S/C20H27N3.CH4N2O/c1-4-15-8-5-6-9-17(15)14-22(2)20-18(16-12-13-16)10-7-11-19(20)23(3)21;2-3-1-4/h5-11,16H,4,12-14,21H2,1-3H3;1H,2H2,(H,3,4). The molecule has 146 valence electrons. The zero-order chi connectivity index (χ0) is 19.8. The number of hydrogen-bond acceptors (Lipinski definition) is 5. The average molecular weight is 370 g/mol. The predicted molar refractivity (Wildman–Crippen MR) is 112 cm³/mol. The zero-order valence-electron chi connectivity index (χ0n) is 16.5. The van der Waals surface area contributed by atoms with E-state index in [9.17, 15) is 0 Å². The Bertz CT molecular complexity index is 723. The molecule has 1 aliphatic rings. The molecule has 27 heavy (non-hydrogen) atoms. The Balaban J connectivity index is 0.000000596. The van der Waals surface area contributed by atoms with Crippen LogP contribution >= 0.6 is 0 Å². The van der Waals surface area contributed by atoms with Crippen LogP contribution in [-0.4, -0.2) is 20.5 Å². The van der Waals surface area contributed by atoms with Crippen LogP contribution in [0.4, 0.5) is 11.4 Å². The summed E-state index contributed by atoms with van der Waals surface area (Å²) in [6.45, 7) is 3.13. The van der Waals surface area contributed by atoms with Crippen molar-refractivity contribution in [2.75, 3.05) is 24.0 Å². The molecular weight excluding hydrogens is 338 g/mol. The molecule has 1 saturated carbocycles. The average Bonchev–Trinajstić information content (AvgIpc) is 3.53. The first-order valence-electron chi connectivity index (χ1n) is 9.32. The highest BCUT2D eigenvalue weighted by Gasteiger charge is 2.29. The fourth-order valence-corrected chi connectivity index (χ4v) is 3.36. The van der Waals surface area contributed by atoms with Gasteiger partial charge in [0.25, 0.3) is 0 Å². The lowest BCUT2D eigenvalue weighted by Gasteiger charge is -2.29. The van der Waals surface area contributed by atoms with Crippen LogP contribution in [0.5, 0.6) is 0 Å². The van der Waals surface area contributed by atoms with E-state index in [1.807, 2.05) is 7.05 Å². The van der Waals surface area contributed by atoms with Crippen molar-refractivity contribution in [3.8, 4) is 0 Å². The number of para-hydroxylation sites is 1. The van der Waals surface area contributed by atoms with Gasteiger partial charge in [-0.15, -0.1) is 0 Å². The largest absolute Gasteiger partial charge is 0.368 e. The quantitative estimate of drug-likeness (QED) is 0.302. The number of nitrogens with one attached hydrogen (secondary N) is 1. The van der Waals surface area contributed by atoms with Gasteiger partial charge >= 0.3 is 0 Å². The minimum atomic E-state index is 0.403. The molecule has 0 spiro atoms. The topological polar surface area (TPSA) is 87.6 Å². The number of hydrogen-bond donors (Lipinski definition) is 3. The van der Waals surface area contributed by atoms with E-state index in [1.54, 1.807) is 10.4 Å². The number of aryl methyl sites for hydroxylation is 1. The number of amides is 1. The fourth-order valence-electron chi connectivity index (χ4n) is 3.36. The molecule has 0 unspecified atom stereocenters. The SMILES string of the molecule is CCc1ccccc1CN(C)c1c(C2CC2)cccc1N(C)N.NNC=O. The van der Waals surface area contributed by atoms with Gasteiger partial charge in [-0.05, 0) is 47.9 Å². The maximum atomic E-state index is 8.94. The molecule has 0 radical (unpaired) electrons. The molecule has 0 bridgehead atoms. The van der Waals surface area contributed by atoms with Crippen LogP contribution in [0.25, 0.3) is 0 Å². The summed E-state index contributed by atoms with van der Waals surface area (Å²) in [4.78, 5) is 11.3. The van der Waals surface area contributed by atoms with Gasteiger partial charge in [-0.25, -0.2) is 11.7 Å². The van der Waals surface area contributed by atoms with E-state index in [4.69, 9.17) is 10.6 Å². The summed E-state index contributed by atoms with van der Waals surface area (Å²) in [7, 11) is 4.10. The molecular formula is C21H31N5O. The van der Waals surface area contributed by atoms with Crippen molar-refractivity contribution in [1.82, 2.24) is 5.43 Å². The second kappa shape index (κ2) is 9.94. The van der Waals surface area contributed by atoms with Gasteiger partial charge in [-0.1, -0.05) is 43.3 Å². The Hall–Kier alpha value is -2.57. The van der Waals surface area contributed by atoms with Crippen molar-refractivity contribution in [2.45, 2.75) is 38.6 Å². The molecule has 0 aliphatic heterocycles. The molecule has 1 amide bonds. The van der Waals surface area contributed by atoms with Gasteiger partial charge in [0.15, 0.2) is 0 Å². The summed E-state index contributed by atoms with van der Waals surface area (Å²) in [5.74, 6) is 11.2. The van der Waals surface area contributed by atoms with E-state index in [0.29, 0.717) is 12.3 Å². The van der Waals surface area contributed by atoms with E-state index in [-0.39, 0.29) is 0 Å². The second-order valence-corrected chi connectivity index (χ2v) is 6.86. The lowest BCUT2D eigenvalue weighted by Crippen LogP contribution is -2.29. The Morgan fingerprint density at radius 2 is 1.74 bits per heavy atom. The molecule has 0 aromatic heterocycles. The zero-order valence-corrected chi connectivity index (χ0v) is 16.5. The van der Waals surface area contributed by atoms with Gasteiger partial charge in [-0.2, -0.15) is 0 Å². The van der Waals surface area contributed by atoms with Crippen molar-refractivity contribution in [1.29, 1.82) is 0 Å². The highest BCUT2D eigenvalue weighted by molar-refractivity contribution is 5.75. The lowest BCUT2D eigenvalue weighted by molar-refractivity contribution is -0.109. The molecule has 2 aromatic carbocycles. The number of anilines is 2. The minimum Gasteiger partial charge on any atom is -0.368 e. The molecule has 6 heteroatoms. The van der Waals surface area contributed by atoms with E-state index in [0.717, 1.165) is 18.7 Å². The number of nitrogens with zero attached hydrogens (tertiary/aromatic N) is 2.